The average Bonchev–Trinajstić information content (AvgIpc) is 2.84. The second-order valence-electron chi connectivity index (χ2n) is 9.12. The quantitative estimate of drug-likeness (QED) is 0.715. The molecule has 0 bridgehead atoms. The fraction of sp³-hybridized carbons (Fsp3) is 0.481. The Morgan fingerprint density at radius 1 is 1.15 bits per heavy atom. The van der Waals surface area contributed by atoms with Gasteiger partial charge in [-0.2, -0.15) is 0 Å². The van der Waals surface area contributed by atoms with Crippen molar-refractivity contribution in [2.45, 2.75) is 39.3 Å². The highest BCUT2D eigenvalue weighted by atomic mass is 16.5. The Balaban J connectivity index is 1.91. The SMILES string of the molecule is CCCN1C[C@@H](C)[C@H](OC)CN(C)C(=O)c2ccc(NC(=O)c3ccccc3)cc2OC[C@@H]1C. The van der Waals surface area contributed by atoms with Crippen LogP contribution in [0, 0.1) is 5.92 Å². The van der Waals surface area contributed by atoms with Gasteiger partial charge in [-0.05, 0) is 50.1 Å². The van der Waals surface area contributed by atoms with E-state index in [9.17, 15) is 9.59 Å². The van der Waals surface area contributed by atoms with Gasteiger partial charge in [-0.25, -0.2) is 0 Å². The van der Waals surface area contributed by atoms with Crippen molar-refractivity contribution >= 4 is 17.5 Å². The zero-order valence-corrected chi connectivity index (χ0v) is 20.9. The first-order chi connectivity index (χ1) is 16.3. The van der Waals surface area contributed by atoms with Crippen LogP contribution < -0.4 is 10.1 Å². The Morgan fingerprint density at radius 3 is 2.56 bits per heavy atom. The third kappa shape index (κ3) is 6.36. The summed E-state index contributed by atoms with van der Waals surface area (Å²) in [6, 6.07) is 14.4. The third-order valence-electron chi connectivity index (χ3n) is 6.38. The van der Waals surface area contributed by atoms with Crippen LogP contribution in [-0.2, 0) is 4.74 Å². The molecule has 1 aliphatic heterocycles. The number of nitrogens with zero attached hydrogens (tertiary/aromatic N) is 2. The lowest BCUT2D eigenvalue weighted by atomic mass is 10.0. The summed E-state index contributed by atoms with van der Waals surface area (Å²) in [6.45, 7) is 9.22. The van der Waals surface area contributed by atoms with Gasteiger partial charge >= 0.3 is 0 Å². The number of amides is 2. The van der Waals surface area contributed by atoms with Crippen LogP contribution in [-0.4, -0.2) is 74.2 Å². The van der Waals surface area contributed by atoms with Gasteiger partial charge in [0.1, 0.15) is 12.4 Å². The predicted octanol–water partition coefficient (Wildman–Crippen LogP) is 4.15. The normalized spacial score (nSPS) is 22.2. The fourth-order valence-corrected chi connectivity index (χ4v) is 4.32. The van der Waals surface area contributed by atoms with Crippen LogP contribution in [0.4, 0.5) is 5.69 Å². The first-order valence-corrected chi connectivity index (χ1v) is 12.0. The van der Waals surface area contributed by atoms with Gasteiger partial charge in [-0.1, -0.05) is 32.0 Å². The fourth-order valence-electron chi connectivity index (χ4n) is 4.32. The van der Waals surface area contributed by atoms with Gasteiger partial charge in [0.05, 0.1) is 11.7 Å². The van der Waals surface area contributed by atoms with Crippen LogP contribution in [0.25, 0.3) is 0 Å². The largest absolute Gasteiger partial charge is 0.491 e. The number of hydrogen-bond donors (Lipinski definition) is 1. The van der Waals surface area contributed by atoms with Crippen molar-refractivity contribution in [3.63, 3.8) is 0 Å². The molecule has 0 fully saturated rings. The Morgan fingerprint density at radius 2 is 1.88 bits per heavy atom. The van der Waals surface area contributed by atoms with Crippen molar-refractivity contribution < 1.29 is 19.1 Å². The minimum atomic E-state index is -0.212. The van der Waals surface area contributed by atoms with Gasteiger partial charge < -0.3 is 19.7 Å². The summed E-state index contributed by atoms with van der Waals surface area (Å²) in [6.07, 6.45) is 0.966. The highest BCUT2D eigenvalue weighted by Crippen LogP contribution is 2.27. The average molecular weight is 468 g/mol. The minimum absolute atomic E-state index is 0.0752. The summed E-state index contributed by atoms with van der Waals surface area (Å²) in [5.74, 6) is 0.373. The molecule has 184 valence electrons. The molecular weight excluding hydrogens is 430 g/mol. The van der Waals surface area contributed by atoms with Crippen LogP contribution in [0.3, 0.4) is 0 Å². The number of benzene rings is 2. The first-order valence-electron chi connectivity index (χ1n) is 12.0. The lowest BCUT2D eigenvalue weighted by molar-refractivity contribution is 0.0108. The molecule has 0 saturated carbocycles. The van der Waals surface area contributed by atoms with Gasteiger partial charge in [-0.3, -0.25) is 14.5 Å². The van der Waals surface area contributed by atoms with E-state index in [0.29, 0.717) is 35.7 Å². The summed E-state index contributed by atoms with van der Waals surface area (Å²) in [5, 5.41) is 2.91. The zero-order valence-electron chi connectivity index (χ0n) is 20.9. The molecule has 0 unspecified atom stereocenters. The first kappa shape index (κ1) is 25.7. The Hall–Kier alpha value is -2.90. The number of carbonyl (C=O) groups excluding carboxylic acids is 2. The number of rotatable bonds is 5. The summed E-state index contributed by atoms with van der Waals surface area (Å²) < 4.78 is 12.0. The Kier molecular flexibility index (Phi) is 9.07. The van der Waals surface area contributed by atoms with Crippen molar-refractivity contribution in [3.05, 3.63) is 59.7 Å². The van der Waals surface area contributed by atoms with E-state index in [-0.39, 0.29) is 29.9 Å². The second kappa shape index (κ2) is 12.0. The van der Waals surface area contributed by atoms with Crippen LogP contribution >= 0.6 is 0 Å². The maximum atomic E-state index is 13.3. The molecule has 0 aromatic heterocycles. The van der Waals surface area contributed by atoms with Gasteiger partial charge in [0.15, 0.2) is 0 Å². The number of likely N-dealkylation sites (N-methyl/N-ethyl adjacent to an activating group) is 1. The summed E-state index contributed by atoms with van der Waals surface area (Å²) in [7, 11) is 3.49. The number of anilines is 1. The van der Waals surface area contributed by atoms with E-state index in [1.54, 1.807) is 49.4 Å². The van der Waals surface area contributed by atoms with E-state index in [1.807, 2.05) is 18.2 Å². The van der Waals surface area contributed by atoms with Crippen molar-refractivity contribution in [2.75, 3.05) is 45.7 Å². The van der Waals surface area contributed by atoms with Gasteiger partial charge in [0.25, 0.3) is 11.8 Å². The number of ether oxygens (including phenoxy) is 2. The molecule has 0 radical (unpaired) electrons. The monoisotopic (exact) mass is 467 g/mol. The van der Waals surface area contributed by atoms with Crippen molar-refractivity contribution in [1.29, 1.82) is 0 Å². The minimum Gasteiger partial charge on any atom is -0.491 e. The van der Waals surface area contributed by atoms with Crippen LogP contribution in [0.15, 0.2) is 48.5 Å². The number of fused-ring (bicyclic) bond motifs is 1. The van der Waals surface area contributed by atoms with E-state index in [2.05, 4.69) is 31.0 Å². The molecule has 2 amide bonds. The van der Waals surface area contributed by atoms with Crippen molar-refractivity contribution in [2.24, 2.45) is 5.92 Å². The van der Waals surface area contributed by atoms with Gasteiger partial charge in [0, 0.05) is 50.6 Å². The molecule has 3 rings (SSSR count). The molecule has 1 N–H and O–H groups in total. The molecule has 34 heavy (non-hydrogen) atoms. The molecule has 2 aromatic rings. The van der Waals surface area contributed by atoms with Crippen LogP contribution in [0.1, 0.15) is 47.9 Å². The molecule has 0 aliphatic carbocycles. The van der Waals surface area contributed by atoms with E-state index in [4.69, 9.17) is 9.47 Å². The number of nitrogens with one attached hydrogen (secondary N) is 1. The predicted molar refractivity (Wildman–Crippen MR) is 135 cm³/mol. The molecule has 0 saturated heterocycles. The van der Waals surface area contributed by atoms with E-state index >= 15 is 0 Å². The second-order valence-corrected chi connectivity index (χ2v) is 9.12. The van der Waals surface area contributed by atoms with E-state index < -0.39 is 0 Å². The maximum Gasteiger partial charge on any atom is 0.257 e. The van der Waals surface area contributed by atoms with Crippen molar-refractivity contribution in [3.8, 4) is 5.75 Å². The standard InChI is InChI=1S/C27H37N3O4/c1-6-14-30-16-19(2)25(33-5)17-29(4)27(32)23-13-12-22(15-24(23)34-18-20(30)3)28-26(31)21-10-8-7-9-11-21/h7-13,15,19-20,25H,6,14,16-18H2,1-5H3,(H,28,31)/t19-,20+,25-/m1/s1. The number of carbonyl (C=O) groups is 2. The topological polar surface area (TPSA) is 71.1 Å². The highest BCUT2D eigenvalue weighted by Gasteiger charge is 2.28. The molecule has 7 heteroatoms. The van der Waals surface area contributed by atoms with Crippen LogP contribution in [0.2, 0.25) is 0 Å². The van der Waals surface area contributed by atoms with Gasteiger partial charge in [-0.15, -0.1) is 0 Å². The number of hydrogen-bond acceptors (Lipinski definition) is 5. The Bertz CT molecular complexity index is 966. The zero-order chi connectivity index (χ0) is 24.7. The molecule has 1 heterocycles. The molecule has 0 spiro atoms. The highest BCUT2D eigenvalue weighted by molar-refractivity contribution is 6.05. The molecule has 2 aromatic carbocycles. The summed E-state index contributed by atoms with van der Waals surface area (Å²) in [4.78, 5) is 30.0. The summed E-state index contributed by atoms with van der Waals surface area (Å²) >= 11 is 0. The molecule has 3 atom stereocenters. The van der Waals surface area contributed by atoms with Crippen molar-refractivity contribution in [1.82, 2.24) is 9.80 Å². The lowest BCUT2D eigenvalue weighted by Crippen LogP contribution is -2.46. The molecule has 1 aliphatic rings. The van der Waals surface area contributed by atoms with E-state index in [1.165, 1.54) is 0 Å². The van der Waals surface area contributed by atoms with Crippen LogP contribution in [0.5, 0.6) is 5.75 Å². The lowest BCUT2D eigenvalue weighted by Gasteiger charge is -2.35. The van der Waals surface area contributed by atoms with Gasteiger partial charge in [0.2, 0.25) is 0 Å². The Labute approximate surface area is 203 Å². The smallest absolute Gasteiger partial charge is 0.257 e. The maximum absolute atomic E-state index is 13.3. The third-order valence-corrected chi connectivity index (χ3v) is 6.38. The molecular formula is C27H37N3O4. The molecule has 7 nitrogen and oxygen atoms in total. The van der Waals surface area contributed by atoms with E-state index in [0.717, 1.165) is 19.5 Å². The number of methoxy groups -OCH3 is 1. The summed E-state index contributed by atoms with van der Waals surface area (Å²) in [5.41, 5.74) is 1.62.